The highest BCUT2D eigenvalue weighted by atomic mass is 79.9. The molecule has 0 saturated heterocycles. The Hall–Kier alpha value is -1.98. The summed E-state index contributed by atoms with van der Waals surface area (Å²) >= 11 is 9.21. The van der Waals surface area contributed by atoms with Gasteiger partial charge >= 0.3 is 5.97 Å². The van der Waals surface area contributed by atoms with Crippen molar-refractivity contribution >= 4 is 45.1 Å². The maximum atomic E-state index is 12.6. The molecule has 0 unspecified atom stereocenters. The summed E-state index contributed by atoms with van der Waals surface area (Å²) < 4.78 is 0.243. The van der Waals surface area contributed by atoms with Gasteiger partial charge in [0.05, 0.1) is 16.1 Å². The average Bonchev–Trinajstić information content (AvgIpc) is 2.46. The number of hydrogen-bond donors (Lipinski definition) is 1. The highest BCUT2D eigenvalue weighted by molar-refractivity contribution is 9.10. The predicted molar refractivity (Wildman–Crippen MR) is 79.4 cm³/mol. The van der Waals surface area contributed by atoms with Crippen LogP contribution in [0.5, 0.6) is 0 Å². The van der Waals surface area contributed by atoms with E-state index in [1.807, 2.05) is 0 Å². The van der Waals surface area contributed by atoms with E-state index < -0.39 is 11.8 Å². The Balaban J connectivity index is 2.41. The number of benzene rings is 2. The molecule has 0 aromatic heterocycles. The van der Waals surface area contributed by atoms with Crippen molar-refractivity contribution in [2.24, 2.45) is 0 Å². The first-order chi connectivity index (χ1) is 9.93. The average molecular weight is 366 g/mol. The number of carboxylic acid groups (broad SMARTS) is 1. The van der Waals surface area contributed by atoms with Crippen molar-refractivity contribution in [3.8, 4) is 0 Å². The van der Waals surface area contributed by atoms with Crippen LogP contribution in [0, 0.1) is 0 Å². The Kier molecular flexibility index (Phi) is 3.19. The minimum atomic E-state index is -1.26. The molecule has 1 aliphatic carbocycles. The van der Waals surface area contributed by atoms with Crippen LogP contribution in [0.4, 0.5) is 0 Å². The molecular weight excluding hydrogens is 360 g/mol. The number of hydrogen-bond acceptors (Lipinski definition) is 3. The number of rotatable bonds is 1. The molecule has 0 saturated carbocycles. The fourth-order valence-corrected chi connectivity index (χ4v) is 3.29. The van der Waals surface area contributed by atoms with Gasteiger partial charge in [-0.15, -0.1) is 0 Å². The number of ketones is 2. The van der Waals surface area contributed by atoms with Gasteiger partial charge in [0.25, 0.3) is 0 Å². The van der Waals surface area contributed by atoms with Gasteiger partial charge in [-0.3, -0.25) is 9.59 Å². The predicted octanol–water partition coefficient (Wildman–Crippen LogP) is 3.58. The van der Waals surface area contributed by atoms with Crippen LogP contribution in [0.3, 0.4) is 0 Å². The molecule has 2 aromatic rings. The fourth-order valence-electron chi connectivity index (χ4n) is 2.37. The van der Waals surface area contributed by atoms with E-state index in [1.165, 1.54) is 12.1 Å². The van der Waals surface area contributed by atoms with Crippen molar-refractivity contribution < 1.29 is 19.5 Å². The summed E-state index contributed by atoms with van der Waals surface area (Å²) in [6.07, 6.45) is 0. The van der Waals surface area contributed by atoms with Crippen LogP contribution in [-0.4, -0.2) is 22.6 Å². The molecule has 0 atom stereocenters. The molecule has 21 heavy (non-hydrogen) atoms. The largest absolute Gasteiger partial charge is 0.478 e. The first-order valence-electron chi connectivity index (χ1n) is 5.87. The molecule has 2 aromatic carbocycles. The fraction of sp³-hybridized carbons (Fsp3) is 0. The minimum absolute atomic E-state index is 0.0628. The molecule has 0 spiro atoms. The van der Waals surface area contributed by atoms with E-state index in [4.69, 9.17) is 16.7 Å². The summed E-state index contributed by atoms with van der Waals surface area (Å²) in [6, 6.07) is 7.62. The Bertz CT molecular complexity index is 842. The molecule has 6 heteroatoms. The smallest absolute Gasteiger partial charge is 0.337 e. The molecule has 4 nitrogen and oxygen atoms in total. The molecule has 0 amide bonds. The van der Waals surface area contributed by atoms with Crippen LogP contribution in [0.2, 0.25) is 5.02 Å². The SMILES string of the molecule is O=C(O)c1cc(Br)c2c(c1Cl)C(=O)c1ccccc1C2=O. The third-order valence-corrected chi connectivity index (χ3v) is 4.33. The van der Waals surface area contributed by atoms with Crippen molar-refractivity contribution in [3.63, 3.8) is 0 Å². The lowest BCUT2D eigenvalue weighted by Crippen LogP contribution is -2.23. The van der Waals surface area contributed by atoms with Crippen molar-refractivity contribution in [1.29, 1.82) is 0 Å². The zero-order valence-corrected chi connectivity index (χ0v) is 12.7. The zero-order chi connectivity index (χ0) is 15.3. The van der Waals surface area contributed by atoms with Crippen molar-refractivity contribution in [2.75, 3.05) is 0 Å². The lowest BCUT2D eigenvalue weighted by atomic mass is 9.83. The zero-order valence-electron chi connectivity index (χ0n) is 10.3. The van der Waals surface area contributed by atoms with Crippen molar-refractivity contribution in [2.45, 2.75) is 0 Å². The van der Waals surface area contributed by atoms with E-state index in [9.17, 15) is 14.4 Å². The van der Waals surface area contributed by atoms with E-state index >= 15 is 0 Å². The van der Waals surface area contributed by atoms with Gasteiger partial charge < -0.3 is 5.11 Å². The third-order valence-electron chi connectivity index (χ3n) is 3.32. The number of carbonyl (C=O) groups excluding carboxylic acids is 2. The number of carbonyl (C=O) groups is 3. The van der Waals surface area contributed by atoms with Crippen molar-refractivity contribution in [3.05, 3.63) is 67.6 Å². The number of fused-ring (bicyclic) bond motifs is 2. The van der Waals surface area contributed by atoms with Gasteiger partial charge in [-0.05, 0) is 22.0 Å². The van der Waals surface area contributed by atoms with E-state index in [1.54, 1.807) is 18.2 Å². The van der Waals surface area contributed by atoms with E-state index in [-0.39, 0.29) is 43.1 Å². The summed E-state index contributed by atoms with van der Waals surface area (Å²) in [7, 11) is 0. The molecule has 0 bridgehead atoms. The second-order valence-corrected chi connectivity index (χ2v) is 5.71. The van der Waals surface area contributed by atoms with Crippen molar-refractivity contribution in [1.82, 2.24) is 0 Å². The van der Waals surface area contributed by atoms with Crippen LogP contribution in [0.1, 0.15) is 42.2 Å². The maximum Gasteiger partial charge on any atom is 0.337 e. The molecule has 0 aliphatic heterocycles. The Morgan fingerprint density at radius 2 is 1.57 bits per heavy atom. The van der Waals surface area contributed by atoms with Crippen LogP contribution >= 0.6 is 27.5 Å². The lowest BCUT2D eigenvalue weighted by molar-refractivity contribution is 0.0696. The summed E-state index contributed by atoms with van der Waals surface area (Å²) in [4.78, 5) is 36.3. The van der Waals surface area contributed by atoms with Crippen LogP contribution in [-0.2, 0) is 0 Å². The molecule has 3 rings (SSSR count). The van der Waals surface area contributed by atoms with Crippen LogP contribution in [0.25, 0.3) is 0 Å². The lowest BCUT2D eigenvalue weighted by Gasteiger charge is -2.20. The van der Waals surface area contributed by atoms with Gasteiger partial charge in [-0.25, -0.2) is 4.79 Å². The molecule has 104 valence electrons. The van der Waals surface area contributed by atoms with Crippen LogP contribution < -0.4 is 0 Å². The Morgan fingerprint density at radius 3 is 2.10 bits per heavy atom. The highest BCUT2D eigenvalue weighted by Gasteiger charge is 2.35. The molecule has 0 radical (unpaired) electrons. The summed E-state index contributed by atoms with van der Waals surface area (Å²) in [5, 5.41) is 8.92. The van der Waals surface area contributed by atoms with Gasteiger partial charge in [0.1, 0.15) is 0 Å². The van der Waals surface area contributed by atoms with E-state index in [0.29, 0.717) is 0 Å². The quantitative estimate of drug-likeness (QED) is 0.715. The normalized spacial score (nSPS) is 12.9. The molecule has 0 heterocycles. The first-order valence-corrected chi connectivity index (χ1v) is 7.04. The van der Waals surface area contributed by atoms with E-state index in [2.05, 4.69) is 15.9 Å². The van der Waals surface area contributed by atoms with Gasteiger partial charge in [0.15, 0.2) is 11.6 Å². The number of aromatic carboxylic acids is 1. The molecule has 1 aliphatic rings. The van der Waals surface area contributed by atoms with Gasteiger partial charge in [0.2, 0.25) is 0 Å². The summed E-state index contributed by atoms with van der Waals surface area (Å²) in [5.74, 6) is -2.07. The first kappa shape index (κ1) is 14.0. The van der Waals surface area contributed by atoms with Gasteiger partial charge in [-0.1, -0.05) is 35.9 Å². The Morgan fingerprint density at radius 1 is 1.05 bits per heavy atom. The monoisotopic (exact) mass is 364 g/mol. The summed E-state index contributed by atoms with van der Waals surface area (Å²) in [5.41, 5.74) is 0.338. The molecule has 1 N–H and O–H groups in total. The second-order valence-electron chi connectivity index (χ2n) is 4.48. The topological polar surface area (TPSA) is 71.4 Å². The molecule has 0 fully saturated rings. The van der Waals surface area contributed by atoms with Crippen LogP contribution in [0.15, 0.2) is 34.8 Å². The summed E-state index contributed by atoms with van der Waals surface area (Å²) in [6.45, 7) is 0. The Labute approximate surface area is 132 Å². The maximum absolute atomic E-state index is 12.6. The molecular formula is C15H6BrClO4. The van der Waals surface area contributed by atoms with Gasteiger partial charge in [0, 0.05) is 21.2 Å². The number of halogens is 2. The highest BCUT2D eigenvalue weighted by Crippen LogP contribution is 2.38. The van der Waals surface area contributed by atoms with E-state index in [0.717, 1.165) is 0 Å². The number of carboxylic acids is 1. The standard InChI is InChI=1S/C15H6BrClO4/c16-9-5-8(15(20)21)12(17)11-10(9)13(18)6-3-1-2-4-7(6)14(11)19/h1-5H,(H,20,21). The van der Waals surface area contributed by atoms with Gasteiger partial charge in [-0.2, -0.15) is 0 Å². The minimum Gasteiger partial charge on any atom is -0.478 e. The third kappa shape index (κ3) is 1.92. The second kappa shape index (κ2) is 4.79.